The number of carbonyl (C=O) groups is 2. The van der Waals surface area contributed by atoms with Gasteiger partial charge in [0, 0.05) is 18.3 Å². The van der Waals surface area contributed by atoms with Gasteiger partial charge in [-0.3, -0.25) is 9.59 Å². The topological polar surface area (TPSA) is 54.4 Å². The van der Waals surface area contributed by atoms with Gasteiger partial charge in [-0.2, -0.15) is 0 Å². The van der Waals surface area contributed by atoms with Crippen molar-refractivity contribution in [1.29, 1.82) is 0 Å². The Balaban J connectivity index is 1.61. The molecule has 1 N–H and O–H groups in total. The molecule has 8 atom stereocenters. The van der Waals surface area contributed by atoms with Gasteiger partial charge in [0.1, 0.15) is 11.6 Å². The average Bonchev–Trinajstić information content (AvgIpc) is 2.85. The standard InChI is InChI=1S/C21H32O3/c1-12(22)17-4-5-18-15-10-19(23)16-11-20(2,24)8-6-14(16)13(15)7-9-21(17,18)3/h13-18,24H,4-11H2,1-3H3/t13-,14-,15-,16+,17-,18+,20-,21-/m1/s1. The smallest absolute Gasteiger partial charge is 0.136 e. The van der Waals surface area contributed by atoms with Crippen molar-refractivity contribution in [1.82, 2.24) is 0 Å². The van der Waals surface area contributed by atoms with Gasteiger partial charge in [0.25, 0.3) is 0 Å². The molecule has 0 unspecified atom stereocenters. The van der Waals surface area contributed by atoms with E-state index < -0.39 is 5.60 Å². The van der Waals surface area contributed by atoms with E-state index >= 15 is 0 Å². The van der Waals surface area contributed by atoms with Crippen LogP contribution in [0.3, 0.4) is 0 Å². The molecule has 4 aliphatic rings. The SMILES string of the molecule is CC(=O)[C@H]1CC[C@H]2[C@@H]3CC(=O)[C@H]4C[C@](C)(O)CC[C@@H]4[C@H]3CC[C@]12C. The van der Waals surface area contributed by atoms with Crippen molar-refractivity contribution in [3.63, 3.8) is 0 Å². The Hall–Kier alpha value is -0.700. The second-order valence-electron chi connectivity index (χ2n) is 9.90. The lowest BCUT2D eigenvalue weighted by Gasteiger charge is -2.56. The second kappa shape index (κ2) is 5.40. The summed E-state index contributed by atoms with van der Waals surface area (Å²) < 4.78 is 0. The second-order valence-corrected chi connectivity index (χ2v) is 9.90. The largest absolute Gasteiger partial charge is 0.390 e. The molecule has 3 heteroatoms. The van der Waals surface area contributed by atoms with Gasteiger partial charge < -0.3 is 5.11 Å². The van der Waals surface area contributed by atoms with Gasteiger partial charge in [-0.1, -0.05) is 6.92 Å². The highest BCUT2D eigenvalue weighted by molar-refractivity contribution is 5.83. The van der Waals surface area contributed by atoms with Crippen LogP contribution in [0.25, 0.3) is 0 Å². The number of fused-ring (bicyclic) bond motifs is 5. The number of rotatable bonds is 1. The van der Waals surface area contributed by atoms with Gasteiger partial charge in [0.2, 0.25) is 0 Å². The number of ketones is 2. The minimum Gasteiger partial charge on any atom is -0.390 e. The normalized spacial score (nSPS) is 53.9. The summed E-state index contributed by atoms with van der Waals surface area (Å²) in [5.41, 5.74) is -0.528. The Bertz CT molecular complexity index is 565. The first-order valence-electron chi connectivity index (χ1n) is 9.98. The quantitative estimate of drug-likeness (QED) is 0.795. The number of carbonyl (C=O) groups excluding carboxylic acids is 2. The van der Waals surface area contributed by atoms with Crippen LogP contribution in [0, 0.1) is 40.9 Å². The van der Waals surface area contributed by atoms with Crippen LogP contribution in [0.15, 0.2) is 0 Å². The summed E-state index contributed by atoms with van der Waals surface area (Å²) in [5.74, 6) is 3.23. The van der Waals surface area contributed by atoms with Gasteiger partial charge in [-0.15, -0.1) is 0 Å². The van der Waals surface area contributed by atoms with E-state index in [-0.39, 0.29) is 17.3 Å². The fourth-order valence-electron chi connectivity index (χ4n) is 7.46. The van der Waals surface area contributed by atoms with Crippen LogP contribution in [0.4, 0.5) is 0 Å². The van der Waals surface area contributed by atoms with Crippen LogP contribution in [-0.4, -0.2) is 22.3 Å². The predicted molar refractivity (Wildman–Crippen MR) is 92.3 cm³/mol. The molecule has 4 fully saturated rings. The Morgan fingerprint density at radius 2 is 1.75 bits per heavy atom. The maximum atomic E-state index is 12.9. The van der Waals surface area contributed by atoms with E-state index in [4.69, 9.17) is 0 Å². The molecule has 0 bridgehead atoms. The number of hydrogen-bond donors (Lipinski definition) is 1. The van der Waals surface area contributed by atoms with E-state index in [2.05, 4.69) is 6.92 Å². The minimum atomic E-state index is -0.653. The van der Waals surface area contributed by atoms with E-state index in [1.165, 1.54) is 6.42 Å². The number of hydrogen-bond acceptors (Lipinski definition) is 3. The summed E-state index contributed by atoms with van der Waals surface area (Å²) in [5, 5.41) is 10.4. The maximum absolute atomic E-state index is 12.9. The first-order chi connectivity index (χ1) is 11.2. The summed E-state index contributed by atoms with van der Waals surface area (Å²) in [4.78, 5) is 25.0. The van der Waals surface area contributed by atoms with E-state index in [9.17, 15) is 14.7 Å². The third kappa shape index (κ3) is 2.34. The zero-order chi connectivity index (χ0) is 17.3. The molecule has 0 amide bonds. The minimum absolute atomic E-state index is 0.0874. The molecule has 0 aromatic rings. The van der Waals surface area contributed by atoms with Crippen LogP contribution >= 0.6 is 0 Å². The van der Waals surface area contributed by atoms with E-state index in [0.717, 1.165) is 32.1 Å². The van der Waals surface area contributed by atoms with E-state index in [1.807, 2.05) is 6.92 Å². The molecule has 24 heavy (non-hydrogen) atoms. The third-order valence-electron chi connectivity index (χ3n) is 8.58. The average molecular weight is 332 g/mol. The number of aliphatic hydroxyl groups is 1. The zero-order valence-corrected chi connectivity index (χ0v) is 15.4. The maximum Gasteiger partial charge on any atom is 0.136 e. The molecule has 4 saturated carbocycles. The molecule has 0 spiro atoms. The molecule has 0 heterocycles. The fourth-order valence-corrected chi connectivity index (χ4v) is 7.46. The Morgan fingerprint density at radius 3 is 2.46 bits per heavy atom. The summed E-state index contributed by atoms with van der Waals surface area (Å²) in [6.45, 7) is 5.99. The van der Waals surface area contributed by atoms with Crippen molar-refractivity contribution < 1.29 is 14.7 Å². The van der Waals surface area contributed by atoms with Crippen LogP contribution in [0.1, 0.15) is 72.1 Å². The van der Waals surface area contributed by atoms with Gasteiger partial charge in [-0.25, -0.2) is 0 Å². The first-order valence-corrected chi connectivity index (χ1v) is 9.98. The lowest BCUT2D eigenvalue weighted by molar-refractivity contribution is -0.149. The summed E-state index contributed by atoms with van der Waals surface area (Å²) >= 11 is 0. The molecular formula is C21H32O3. The first kappa shape index (κ1) is 16.8. The highest BCUT2D eigenvalue weighted by Gasteiger charge is 2.59. The molecule has 0 aromatic carbocycles. The molecule has 0 saturated heterocycles. The Morgan fingerprint density at radius 1 is 1.04 bits per heavy atom. The summed E-state index contributed by atoms with van der Waals surface area (Å²) in [7, 11) is 0. The molecule has 0 aliphatic heterocycles. The summed E-state index contributed by atoms with van der Waals surface area (Å²) in [6.07, 6.45) is 7.69. The van der Waals surface area contributed by atoms with Gasteiger partial charge in [0.05, 0.1) is 5.60 Å². The molecule has 134 valence electrons. The van der Waals surface area contributed by atoms with Crippen molar-refractivity contribution in [2.45, 2.75) is 77.7 Å². The molecule has 4 aliphatic carbocycles. The Labute approximate surface area is 145 Å². The molecule has 4 rings (SSSR count). The fraction of sp³-hybridized carbons (Fsp3) is 0.905. The van der Waals surface area contributed by atoms with E-state index in [1.54, 1.807) is 6.92 Å². The lowest BCUT2D eigenvalue weighted by Crippen LogP contribution is -2.53. The molecule has 3 nitrogen and oxygen atoms in total. The highest BCUT2D eigenvalue weighted by Crippen LogP contribution is 2.64. The molecule has 0 aromatic heterocycles. The third-order valence-corrected chi connectivity index (χ3v) is 8.58. The van der Waals surface area contributed by atoms with Gasteiger partial charge in [0.15, 0.2) is 0 Å². The van der Waals surface area contributed by atoms with Crippen LogP contribution in [-0.2, 0) is 9.59 Å². The van der Waals surface area contributed by atoms with Crippen molar-refractivity contribution in [2.24, 2.45) is 40.9 Å². The highest BCUT2D eigenvalue weighted by atomic mass is 16.3. The van der Waals surface area contributed by atoms with Crippen LogP contribution < -0.4 is 0 Å². The van der Waals surface area contributed by atoms with E-state index in [0.29, 0.717) is 48.1 Å². The van der Waals surface area contributed by atoms with Gasteiger partial charge >= 0.3 is 0 Å². The van der Waals surface area contributed by atoms with Crippen molar-refractivity contribution in [3.8, 4) is 0 Å². The van der Waals surface area contributed by atoms with Crippen LogP contribution in [0.5, 0.6) is 0 Å². The summed E-state index contributed by atoms with van der Waals surface area (Å²) in [6, 6.07) is 0. The molecule has 0 radical (unpaired) electrons. The Kier molecular flexibility index (Phi) is 3.77. The van der Waals surface area contributed by atoms with Crippen LogP contribution in [0.2, 0.25) is 0 Å². The van der Waals surface area contributed by atoms with Crippen molar-refractivity contribution >= 4 is 11.6 Å². The van der Waals surface area contributed by atoms with Crippen molar-refractivity contribution in [2.75, 3.05) is 0 Å². The zero-order valence-electron chi connectivity index (χ0n) is 15.4. The molecular weight excluding hydrogens is 300 g/mol. The lowest BCUT2D eigenvalue weighted by atomic mass is 9.48. The number of Topliss-reactive ketones (excluding diaryl/α,β-unsaturated/α-hetero) is 2. The van der Waals surface area contributed by atoms with Gasteiger partial charge in [-0.05, 0) is 87.9 Å². The monoisotopic (exact) mass is 332 g/mol. The van der Waals surface area contributed by atoms with Crippen molar-refractivity contribution in [3.05, 3.63) is 0 Å². The predicted octanol–water partition coefficient (Wildman–Crippen LogP) is 3.77.